The molecule has 94 valence electrons. The van der Waals surface area contributed by atoms with Gasteiger partial charge in [-0.15, -0.1) is 0 Å². The summed E-state index contributed by atoms with van der Waals surface area (Å²) in [5.41, 5.74) is 4.44. The van der Waals surface area contributed by atoms with Crippen LogP contribution < -0.4 is 5.73 Å². The zero-order valence-corrected chi connectivity index (χ0v) is 10.1. The van der Waals surface area contributed by atoms with Gasteiger partial charge < -0.3 is 15.6 Å². The summed E-state index contributed by atoms with van der Waals surface area (Å²) in [7, 11) is 0. The summed E-state index contributed by atoms with van der Waals surface area (Å²) in [5.74, 6) is -0.295. The van der Waals surface area contributed by atoms with Gasteiger partial charge >= 0.3 is 5.97 Å². The largest absolute Gasteiger partial charge is 0.480 e. The Balaban J connectivity index is 2.09. The number of aliphatic carboxylic acids is 1. The predicted molar refractivity (Wildman–Crippen MR) is 62.2 cm³/mol. The van der Waals surface area contributed by atoms with Crippen molar-refractivity contribution in [2.24, 2.45) is 11.7 Å². The summed E-state index contributed by atoms with van der Waals surface area (Å²) < 4.78 is 5.52. The third-order valence-electron chi connectivity index (χ3n) is 3.33. The summed E-state index contributed by atoms with van der Waals surface area (Å²) in [6.07, 6.45) is 6.82. The van der Waals surface area contributed by atoms with Gasteiger partial charge in [0, 0.05) is 13.2 Å². The Morgan fingerprint density at radius 2 is 2.06 bits per heavy atom. The van der Waals surface area contributed by atoms with Gasteiger partial charge in [-0.05, 0) is 32.1 Å². The zero-order chi connectivity index (χ0) is 12.0. The maximum Gasteiger partial charge on any atom is 0.323 e. The van der Waals surface area contributed by atoms with Gasteiger partial charge in [0.1, 0.15) is 5.54 Å². The van der Waals surface area contributed by atoms with Gasteiger partial charge in [-0.2, -0.15) is 0 Å². The van der Waals surface area contributed by atoms with E-state index in [2.05, 4.69) is 0 Å². The van der Waals surface area contributed by atoms with E-state index < -0.39 is 11.5 Å². The Morgan fingerprint density at radius 1 is 1.44 bits per heavy atom. The van der Waals surface area contributed by atoms with Crippen molar-refractivity contribution in [3.8, 4) is 0 Å². The fourth-order valence-corrected chi connectivity index (χ4v) is 1.99. The average molecular weight is 229 g/mol. The molecule has 0 radical (unpaired) electrons. The highest BCUT2D eigenvalue weighted by molar-refractivity contribution is 5.77. The summed E-state index contributed by atoms with van der Waals surface area (Å²) in [6.45, 7) is 2.73. The normalized spacial score (nSPS) is 21.6. The number of rotatable bonds is 6. The fourth-order valence-electron chi connectivity index (χ4n) is 1.99. The molecule has 16 heavy (non-hydrogen) atoms. The molecule has 4 heteroatoms. The molecule has 0 bridgehead atoms. The van der Waals surface area contributed by atoms with E-state index in [1.54, 1.807) is 0 Å². The van der Waals surface area contributed by atoms with Crippen molar-refractivity contribution in [1.82, 2.24) is 0 Å². The minimum Gasteiger partial charge on any atom is -0.480 e. The van der Waals surface area contributed by atoms with E-state index in [4.69, 9.17) is 15.6 Å². The van der Waals surface area contributed by atoms with E-state index in [0.29, 0.717) is 18.9 Å². The van der Waals surface area contributed by atoms with Gasteiger partial charge in [-0.25, -0.2) is 0 Å². The second kappa shape index (κ2) is 6.21. The summed E-state index contributed by atoms with van der Waals surface area (Å²) in [5, 5.41) is 8.81. The lowest BCUT2D eigenvalue weighted by Crippen LogP contribution is -2.45. The van der Waals surface area contributed by atoms with Gasteiger partial charge in [0.15, 0.2) is 0 Å². The van der Waals surface area contributed by atoms with Gasteiger partial charge in [-0.1, -0.05) is 19.3 Å². The number of carbonyl (C=O) groups is 1. The first-order valence-corrected chi connectivity index (χ1v) is 6.12. The molecule has 0 aromatic rings. The molecule has 0 heterocycles. The molecule has 1 atom stereocenters. The quantitative estimate of drug-likeness (QED) is 0.681. The fraction of sp³-hybridized carbons (Fsp3) is 0.917. The topological polar surface area (TPSA) is 72.5 Å². The van der Waals surface area contributed by atoms with E-state index >= 15 is 0 Å². The zero-order valence-electron chi connectivity index (χ0n) is 10.1. The number of nitrogens with two attached hydrogens (primary N) is 1. The second-order valence-corrected chi connectivity index (χ2v) is 5.05. The molecule has 1 fully saturated rings. The van der Waals surface area contributed by atoms with E-state index in [0.717, 1.165) is 6.61 Å². The van der Waals surface area contributed by atoms with Crippen molar-refractivity contribution in [2.45, 2.75) is 51.0 Å². The Morgan fingerprint density at radius 3 is 2.62 bits per heavy atom. The number of hydrogen-bond donors (Lipinski definition) is 2. The van der Waals surface area contributed by atoms with Crippen LogP contribution in [0.3, 0.4) is 0 Å². The SMILES string of the molecule is CC(N)(CCOCC1CCCCC1)C(=O)O. The molecule has 0 saturated heterocycles. The van der Waals surface area contributed by atoms with Crippen LogP contribution in [-0.4, -0.2) is 29.8 Å². The first kappa shape index (κ1) is 13.5. The minimum atomic E-state index is -1.16. The van der Waals surface area contributed by atoms with Gasteiger partial charge in [-0.3, -0.25) is 4.79 Å². The van der Waals surface area contributed by atoms with Crippen molar-refractivity contribution in [1.29, 1.82) is 0 Å². The number of carboxylic acid groups (broad SMARTS) is 1. The van der Waals surface area contributed by atoms with Gasteiger partial charge in [0.25, 0.3) is 0 Å². The second-order valence-electron chi connectivity index (χ2n) is 5.05. The Bertz CT molecular complexity index is 222. The maximum absolute atomic E-state index is 10.7. The summed E-state index contributed by atoms with van der Waals surface area (Å²) in [6, 6.07) is 0. The smallest absolute Gasteiger partial charge is 0.323 e. The van der Waals surface area contributed by atoms with Crippen LogP contribution in [0.2, 0.25) is 0 Å². The van der Waals surface area contributed by atoms with Crippen LogP contribution >= 0.6 is 0 Å². The van der Waals surface area contributed by atoms with E-state index in [9.17, 15) is 4.79 Å². The molecular weight excluding hydrogens is 206 g/mol. The van der Waals surface area contributed by atoms with Crippen LogP contribution in [0.4, 0.5) is 0 Å². The monoisotopic (exact) mass is 229 g/mol. The molecule has 0 aromatic heterocycles. The highest BCUT2D eigenvalue weighted by atomic mass is 16.5. The highest BCUT2D eigenvalue weighted by Crippen LogP contribution is 2.23. The Kier molecular flexibility index (Phi) is 5.22. The molecule has 1 rings (SSSR count). The molecule has 1 aliphatic carbocycles. The standard InChI is InChI=1S/C12H23NO3/c1-12(13,11(14)15)7-8-16-9-10-5-3-2-4-6-10/h10H,2-9,13H2,1H3,(H,14,15). The van der Waals surface area contributed by atoms with Crippen LogP contribution in [-0.2, 0) is 9.53 Å². The Labute approximate surface area is 97.2 Å². The maximum atomic E-state index is 10.7. The summed E-state index contributed by atoms with van der Waals surface area (Å²) in [4.78, 5) is 10.7. The third kappa shape index (κ3) is 4.49. The molecule has 1 aliphatic rings. The third-order valence-corrected chi connectivity index (χ3v) is 3.33. The van der Waals surface area contributed by atoms with Gasteiger partial charge in [0.2, 0.25) is 0 Å². The number of hydrogen-bond acceptors (Lipinski definition) is 3. The minimum absolute atomic E-state index is 0.370. The molecule has 0 aliphatic heterocycles. The number of ether oxygens (including phenoxy) is 1. The first-order chi connectivity index (χ1) is 7.52. The van der Waals surface area contributed by atoms with Crippen molar-refractivity contribution < 1.29 is 14.6 Å². The van der Waals surface area contributed by atoms with Crippen LogP contribution in [0.1, 0.15) is 45.4 Å². The lowest BCUT2D eigenvalue weighted by molar-refractivity contribution is -0.143. The molecule has 4 nitrogen and oxygen atoms in total. The van der Waals surface area contributed by atoms with Crippen molar-refractivity contribution in [2.75, 3.05) is 13.2 Å². The van der Waals surface area contributed by atoms with Crippen molar-refractivity contribution in [3.05, 3.63) is 0 Å². The van der Waals surface area contributed by atoms with Crippen LogP contribution in [0, 0.1) is 5.92 Å². The van der Waals surface area contributed by atoms with Crippen LogP contribution in [0.5, 0.6) is 0 Å². The van der Waals surface area contributed by atoms with E-state index in [1.807, 2.05) is 0 Å². The van der Waals surface area contributed by atoms with Gasteiger partial charge in [0.05, 0.1) is 0 Å². The molecule has 0 amide bonds. The molecular formula is C12H23NO3. The predicted octanol–water partition coefficient (Wildman–Crippen LogP) is 1.78. The Hall–Kier alpha value is -0.610. The lowest BCUT2D eigenvalue weighted by Gasteiger charge is -2.23. The summed E-state index contributed by atoms with van der Waals surface area (Å²) >= 11 is 0. The van der Waals surface area contributed by atoms with Crippen LogP contribution in [0.15, 0.2) is 0 Å². The molecule has 1 unspecified atom stereocenters. The first-order valence-electron chi connectivity index (χ1n) is 6.12. The average Bonchev–Trinajstić information content (AvgIpc) is 2.26. The molecule has 0 spiro atoms. The molecule has 3 N–H and O–H groups in total. The molecule has 0 aromatic carbocycles. The lowest BCUT2D eigenvalue weighted by atomic mass is 9.90. The van der Waals surface area contributed by atoms with E-state index in [-0.39, 0.29) is 0 Å². The van der Waals surface area contributed by atoms with E-state index in [1.165, 1.54) is 39.0 Å². The van der Waals surface area contributed by atoms with Crippen molar-refractivity contribution >= 4 is 5.97 Å². The number of carboxylic acids is 1. The van der Waals surface area contributed by atoms with Crippen LogP contribution in [0.25, 0.3) is 0 Å². The highest BCUT2D eigenvalue weighted by Gasteiger charge is 2.27. The van der Waals surface area contributed by atoms with Crippen molar-refractivity contribution in [3.63, 3.8) is 0 Å². The molecule has 1 saturated carbocycles.